The minimum Gasteiger partial charge on any atom is -0.360 e. The maximum atomic E-state index is 10.7. The van der Waals surface area contributed by atoms with Gasteiger partial charge >= 0.3 is 0 Å². The van der Waals surface area contributed by atoms with E-state index in [4.69, 9.17) is 0 Å². The number of non-ortho nitro benzene ring substituents is 1. The minimum absolute atomic E-state index is 0.0317. The van der Waals surface area contributed by atoms with E-state index >= 15 is 0 Å². The van der Waals surface area contributed by atoms with Gasteiger partial charge in [0.05, 0.1) is 10.6 Å². The lowest BCUT2D eigenvalue weighted by molar-refractivity contribution is -0.384. The highest BCUT2D eigenvalue weighted by atomic mass is 32.1. The Labute approximate surface area is 154 Å². The molecule has 1 N–H and O–H groups in total. The van der Waals surface area contributed by atoms with E-state index in [1.54, 1.807) is 18.3 Å². The predicted octanol–water partition coefficient (Wildman–Crippen LogP) is 5.00. The van der Waals surface area contributed by atoms with Crippen LogP contribution in [0.25, 0.3) is 16.8 Å². The number of nitrogens with one attached hydrogen (secondary N) is 1. The molecule has 0 atom stereocenters. The van der Waals surface area contributed by atoms with Gasteiger partial charge in [0.15, 0.2) is 0 Å². The summed E-state index contributed by atoms with van der Waals surface area (Å²) < 4.78 is 0. The van der Waals surface area contributed by atoms with Crippen molar-refractivity contribution < 1.29 is 4.92 Å². The number of nitro groups is 1. The van der Waals surface area contributed by atoms with Gasteiger partial charge in [-0.05, 0) is 30.7 Å². The fourth-order valence-electron chi connectivity index (χ4n) is 2.31. The van der Waals surface area contributed by atoms with Gasteiger partial charge in [0.1, 0.15) is 16.6 Å². The second kappa shape index (κ2) is 7.59. The van der Waals surface area contributed by atoms with E-state index in [9.17, 15) is 15.4 Å². The third-order valence-electron chi connectivity index (χ3n) is 3.75. The molecule has 3 rings (SSSR count). The Hall–Kier alpha value is -3.50. The molecule has 0 radical (unpaired) electrons. The average molecular weight is 362 g/mol. The number of nitro benzene ring substituents is 1. The van der Waals surface area contributed by atoms with E-state index in [0.717, 1.165) is 16.8 Å². The monoisotopic (exact) mass is 362 g/mol. The summed E-state index contributed by atoms with van der Waals surface area (Å²) >= 11 is 1.35. The molecule has 7 heteroatoms. The zero-order chi connectivity index (χ0) is 18.5. The standard InChI is InChI=1S/C19H14N4O2S/c1-13-4-2-3-5-17(13)21-11-15(10-20)19-22-18(12-26-19)14-6-8-16(9-7-14)23(24)25/h2-9,11-12,21H,1H3/b15-11-. The molecule has 6 nitrogen and oxygen atoms in total. The van der Waals surface area contributed by atoms with Crippen molar-refractivity contribution in [2.24, 2.45) is 0 Å². The summed E-state index contributed by atoms with van der Waals surface area (Å²) in [7, 11) is 0. The van der Waals surface area contributed by atoms with Gasteiger partial charge in [0, 0.05) is 35.0 Å². The minimum atomic E-state index is -0.440. The molecule has 0 saturated heterocycles. The Bertz CT molecular complexity index is 1020. The van der Waals surface area contributed by atoms with Crippen LogP contribution >= 0.6 is 11.3 Å². The van der Waals surface area contributed by atoms with Gasteiger partial charge in [0.25, 0.3) is 5.69 Å². The van der Waals surface area contributed by atoms with Crippen molar-refractivity contribution in [2.45, 2.75) is 6.92 Å². The van der Waals surface area contributed by atoms with E-state index in [1.807, 2.05) is 36.6 Å². The van der Waals surface area contributed by atoms with Crippen LogP contribution in [0.4, 0.5) is 11.4 Å². The third kappa shape index (κ3) is 3.77. The van der Waals surface area contributed by atoms with E-state index in [1.165, 1.54) is 23.5 Å². The lowest BCUT2D eigenvalue weighted by Crippen LogP contribution is -1.93. The quantitative estimate of drug-likeness (QED) is 0.391. The number of thiazole rings is 1. The first-order valence-corrected chi connectivity index (χ1v) is 8.59. The average Bonchev–Trinajstić information content (AvgIpc) is 3.14. The molecule has 2 aromatic carbocycles. The van der Waals surface area contributed by atoms with Crippen LogP contribution in [0.15, 0.2) is 60.1 Å². The first-order chi connectivity index (χ1) is 12.6. The number of allylic oxidation sites excluding steroid dienone is 1. The fraction of sp³-hybridized carbons (Fsp3) is 0.0526. The number of para-hydroxylation sites is 1. The first kappa shape index (κ1) is 17.3. The molecule has 0 aliphatic carbocycles. The number of nitrogens with zero attached hydrogens (tertiary/aromatic N) is 3. The van der Waals surface area contributed by atoms with Crippen molar-refractivity contribution >= 4 is 28.3 Å². The van der Waals surface area contributed by atoms with Gasteiger partial charge in [0.2, 0.25) is 0 Å². The van der Waals surface area contributed by atoms with Crippen molar-refractivity contribution in [3.8, 4) is 17.3 Å². The van der Waals surface area contributed by atoms with Gasteiger partial charge in [-0.25, -0.2) is 4.98 Å². The van der Waals surface area contributed by atoms with Crippen molar-refractivity contribution in [2.75, 3.05) is 5.32 Å². The Morgan fingerprint density at radius 1 is 1.27 bits per heavy atom. The highest BCUT2D eigenvalue weighted by molar-refractivity contribution is 7.11. The van der Waals surface area contributed by atoms with Gasteiger partial charge in [-0.2, -0.15) is 5.26 Å². The van der Waals surface area contributed by atoms with Crippen LogP contribution in [-0.4, -0.2) is 9.91 Å². The molecule has 0 spiro atoms. The number of hydrogen-bond donors (Lipinski definition) is 1. The molecule has 0 aliphatic rings. The molecule has 0 amide bonds. The van der Waals surface area contributed by atoms with Crippen molar-refractivity contribution in [3.05, 3.63) is 80.8 Å². The number of benzene rings is 2. The number of aromatic nitrogens is 1. The maximum absolute atomic E-state index is 10.7. The molecular weight excluding hydrogens is 348 g/mol. The second-order valence-corrected chi connectivity index (χ2v) is 6.33. The van der Waals surface area contributed by atoms with Crippen molar-refractivity contribution in [3.63, 3.8) is 0 Å². The van der Waals surface area contributed by atoms with Crippen LogP contribution < -0.4 is 5.32 Å². The predicted molar refractivity (Wildman–Crippen MR) is 103 cm³/mol. The topological polar surface area (TPSA) is 91.8 Å². The van der Waals surface area contributed by atoms with E-state index < -0.39 is 4.92 Å². The highest BCUT2D eigenvalue weighted by Gasteiger charge is 2.11. The van der Waals surface area contributed by atoms with Crippen LogP contribution in [0.5, 0.6) is 0 Å². The van der Waals surface area contributed by atoms with E-state index in [0.29, 0.717) is 16.3 Å². The Balaban J connectivity index is 1.83. The molecule has 3 aromatic rings. The van der Waals surface area contributed by atoms with Gasteiger partial charge in [-0.15, -0.1) is 11.3 Å². The first-order valence-electron chi connectivity index (χ1n) is 7.71. The highest BCUT2D eigenvalue weighted by Crippen LogP contribution is 2.27. The summed E-state index contributed by atoms with van der Waals surface area (Å²) in [6.45, 7) is 1.98. The normalized spacial score (nSPS) is 11.0. The molecule has 26 heavy (non-hydrogen) atoms. The molecule has 0 aliphatic heterocycles. The summed E-state index contributed by atoms with van der Waals surface area (Å²) in [4.78, 5) is 14.8. The Morgan fingerprint density at radius 3 is 2.65 bits per heavy atom. The zero-order valence-electron chi connectivity index (χ0n) is 13.8. The molecular formula is C19H14N4O2S. The summed E-state index contributed by atoms with van der Waals surface area (Å²) in [5, 5.41) is 25.7. The molecule has 128 valence electrons. The Morgan fingerprint density at radius 2 is 2.00 bits per heavy atom. The SMILES string of the molecule is Cc1ccccc1N/C=C(/C#N)c1nc(-c2ccc([N+](=O)[O-])cc2)cs1. The van der Waals surface area contributed by atoms with Gasteiger partial charge < -0.3 is 5.32 Å². The molecule has 0 unspecified atom stereocenters. The second-order valence-electron chi connectivity index (χ2n) is 5.47. The molecule has 0 fully saturated rings. The molecule has 0 bridgehead atoms. The van der Waals surface area contributed by atoms with E-state index in [-0.39, 0.29) is 5.69 Å². The maximum Gasteiger partial charge on any atom is 0.269 e. The fourth-order valence-corrected chi connectivity index (χ4v) is 3.11. The zero-order valence-corrected chi connectivity index (χ0v) is 14.7. The smallest absolute Gasteiger partial charge is 0.269 e. The summed E-state index contributed by atoms with van der Waals surface area (Å²) in [5.41, 5.74) is 3.90. The van der Waals surface area contributed by atoms with Crippen LogP contribution in [-0.2, 0) is 0 Å². The van der Waals surface area contributed by atoms with Gasteiger partial charge in [-0.3, -0.25) is 10.1 Å². The molecule has 0 saturated carbocycles. The van der Waals surface area contributed by atoms with E-state index in [2.05, 4.69) is 16.4 Å². The van der Waals surface area contributed by atoms with Crippen LogP contribution in [0.1, 0.15) is 10.6 Å². The number of hydrogen-bond acceptors (Lipinski definition) is 6. The largest absolute Gasteiger partial charge is 0.360 e. The molecule has 1 heterocycles. The summed E-state index contributed by atoms with van der Waals surface area (Å²) in [5.74, 6) is 0. The number of anilines is 1. The number of nitriles is 1. The number of aryl methyl sites for hydroxylation is 1. The van der Waals surface area contributed by atoms with Crippen molar-refractivity contribution in [1.29, 1.82) is 5.26 Å². The third-order valence-corrected chi connectivity index (χ3v) is 4.62. The Kier molecular flexibility index (Phi) is 5.06. The summed E-state index contributed by atoms with van der Waals surface area (Å²) in [6.07, 6.45) is 1.64. The van der Waals surface area contributed by atoms with Gasteiger partial charge in [-0.1, -0.05) is 18.2 Å². The molecule has 1 aromatic heterocycles. The van der Waals surface area contributed by atoms with Crippen LogP contribution in [0.3, 0.4) is 0 Å². The number of rotatable bonds is 5. The van der Waals surface area contributed by atoms with Crippen molar-refractivity contribution in [1.82, 2.24) is 4.98 Å². The lowest BCUT2D eigenvalue weighted by Gasteiger charge is -2.04. The summed E-state index contributed by atoms with van der Waals surface area (Å²) in [6, 6.07) is 16.1. The lowest BCUT2D eigenvalue weighted by atomic mass is 10.1. The van der Waals surface area contributed by atoms with Crippen LogP contribution in [0, 0.1) is 28.4 Å². The van der Waals surface area contributed by atoms with Crippen LogP contribution in [0.2, 0.25) is 0 Å².